The van der Waals surface area contributed by atoms with Gasteiger partial charge in [0.1, 0.15) is 24.2 Å². The molecule has 1 aromatic carbocycles. The van der Waals surface area contributed by atoms with Gasteiger partial charge in [0, 0.05) is 19.5 Å². The lowest BCUT2D eigenvalue weighted by atomic mass is 9.96. The molecule has 252 valence electrons. The first kappa shape index (κ1) is 35.9. The predicted octanol–water partition coefficient (Wildman–Crippen LogP) is -0.770. The van der Waals surface area contributed by atoms with Gasteiger partial charge in [-0.2, -0.15) is 0 Å². The topological polar surface area (TPSA) is 229 Å². The number of likely N-dealkylation sites (tertiary alicyclic amines) is 2. The van der Waals surface area contributed by atoms with Crippen molar-refractivity contribution in [2.75, 3.05) is 19.6 Å². The van der Waals surface area contributed by atoms with Crippen LogP contribution in [-0.2, 0) is 40.0 Å². The van der Waals surface area contributed by atoms with Gasteiger partial charge in [0.25, 0.3) is 0 Å². The number of nitrogens with two attached hydrogens (primary N) is 1. The van der Waals surface area contributed by atoms with Crippen LogP contribution < -0.4 is 21.7 Å². The van der Waals surface area contributed by atoms with E-state index in [4.69, 9.17) is 10.8 Å². The summed E-state index contributed by atoms with van der Waals surface area (Å²) in [5.74, 6) is -5.75. The van der Waals surface area contributed by atoms with Crippen molar-refractivity contribution in [2.45, 2.75) is 89.0 Å². The van der Waals surface area contributed by atoms with E-state index in [1.165, 1.54) is 9.80 Å². The summed E-state index contributed by atoms with van der Waals surface area (Å²) in [4.78, 5) is 91.3. The maximum Gasteiger partial charge on any atom is 0.326 e. The van der Waals surface area contributed by atoms with Gasteiger partial charge < -0.3 is 41.7 Å². The number of carboxylic acids is 2. The van der Waals surface area contributed by atoms with Crippen molar-refractivity contribution in [2.24, 2.45) is 11.7 Å². The van der Waals surface area contributed by atoms with Crippen molar-refractivity contribution in [3.05, 3.63) is 35.9 Å². The third-order valence-electron chi connectivity index (χ3n) is 8.51. The second kappa shape index (κ2) is 16.7. The molecule has 2 fully saturated rings. The van der Waals surface area contributed by atoms with Crippen molar-refractivity contribution in [3.8, 4) is 0 Å². The molecule has 15 nitrogen and oxygen atoms in total. The van der Waals surface area contributed by atoms with Gasteiger partial charge in [0.2, 0.25) is 29.5 Å². The van der Waals surface area contributed by atoms with Crippen molar-refractivity contribution in [1.82, 2.24) is 25.8 Å². The van der Waals surface area contributed by atoms with Gasteiger partial charge in [-0.05, 0) is 37.2 Å². The molecular weight excluding hydrogens is 602 g/mol. The molecule has 0 unspecified atom stereocenters. The monoisotopic (exact) mass is 646 g/mol. The van der Waals surface area contributed by atoms with E-state index in [9.17, 15) is 38.7 Å². The molecule has 46 heavy (non-hydrogen) atoms. The largest absolute Gasteiger partial charge is 0.481 e. The lowest BCUT2D eigenvalue weighted by Gasteiger charge is -2.34. The van der Waals surface area contributed by atoms with Crippen molar-refractivity contribution >= 4 is 41.5 Å². The molecule has 2 aliphatic rings. The van der Waals surface area contributed by atoms with Crippen LogP contribution in [0.3, 0.4) is 0 Å². The summed E-state index contributed by atoms with van der Waals surface area (Å²) in [5.41, 5.74) is 6.43. The van der Waals surface area contributed by atoms with Crippen LogP contribution in [0.4, 0.5) is 0 Å². The van der Waals surface area contributed by atoms with E-state index in [1.807, 2.05) is 6.92 Å². The molecule has 0 aromatic heterocycles. The van der Waals surface area contributed by atoms with E-state index in [2.05, 4.69) is 16.0 Å². The Labute approximate surface area is 267 Å². The van der Waals surface area contributed by atoms with Crippen LogP contribution >= 0.6 is 0 Å². The second-order valence-electron chi connectivity index (χ2n) is 11.8. The van der Waals surface area contributed by atoms with Gasteiger partial charge >= 0.3 is 11.9 Å². The Hall–Kier alpha value is -4.53. The molecule has 15 heteroatoms. The molecule has 0 saturated carbocycles. The molecule has 0 bridgehead atoms. The van der Waals surface area contributed by atoms with Crippen LogP contribution in [0.25, 0.3) is 0 Å². The normalized spacial score (nSPS) is 20.2. The zero-order valence-electron chi connectivity index (χ0n) is 26.1. The highest BCUT2D eigenvalue weighted by atomic mass is 18.2. The molecule has 0 radical (unpaired) electrons. The summed E-state index contributed by atoms with van der Waals surface area (Å²) < 4.78 is 0. The average molecular weight is 647 g/mol. The number of aliphatic carboxylic acids is 2. The molecule has 2 aliphatic heterocycles. The summed E-state index contributed by atoms with van der Waals surface area (Å²) in [6, 6.07) is 3.48. The Kier molecular flexibility index (Phi) is 13.0. The number of rotatable bonds is 15. The van der Waals surface area contributed by atoms with Crippen molar-refractivity contribution in [1.29, 1.82) is 0 Å². The molecular formula is C31H44N6O9. The number of nitrogens with zero attached hydrogens (tertiary/aromatic N) is 2. The smallest absolute Gasteiger partial charge is 0.326 e. The molecule has 5 amide bonds. The van der Waals surface area contributed by atoms with E-state index >= 15 is 0 Å². The lowest BCUT2D eigenvalue weighted by Crippen LogP contribution is -2.59. The van der Waals surface area contributed by atoms with Gasteiger partial charge in [-0.3, -0.25) is 28.8 Å². The van der Waals surface area contributed by atoms with Crippen LogP contribution in [-0.4, -0.2) is 111 Å². The molecule has 2 saturated heterocycles. The third-order valence-corrected chi connectivity index (χ3v) is 8.51. The van der Waals surface area contributed by atoms with E-state index in [0.717, 1.165) is 5.56 Å². The number of hydrogen-bond donors (Lipinski definition) is 6. The number of carboxylic acid groups (broad SMARTS) is 2. The summed E-state index contributed by atoms with van der Waals surface area (Å²) in [5, 5.41) is 26.0. The Morgan fingerprint density at radius 2 is 1.61 bits per heavy atom. The predicted molar refractivity (Wildman–Crippen MR) is 164 cm³/mol. The fraction of sp³-hybridized carbons (Fsp3) is 0.581. The molecule has 2 heterocycles. The van der Waals surface area contributed by atoms with E-state index in [-0.39, 0.29) is 25.4 Å². The van der Waals surface area contributed by atoms with Gasteiger partial charge in [0.15, 0.2) is 0 Å². The van der Waals surface area contributed by atoms with E-state index in [0.29, 0.717) is 32.1 Å². The first-order valence-electron chi connectivity index (χ1n) is 15.6. The van der Waals surface area contributed by atoms with Gasteiger partial charge in [-0.15, -0.1) is 0 Å². The molecule has 1 aromatic rings. The van der Waals surface area contributed by atoms with Crippen LogP contribution in [0, 0.1) is 5.92 Å². The number of carbonyl (C=O) groups excluding carboxylic acids is 5. The molecule has 3 rings (SSSR count). The standard InChI is InChI=1S/C31H44N6O9/c1-3-18(2)26(35-27(41)20(32)16-25(39)40)30(44)37-14-8-12-23(37)29(43)36-13-7-11-22(36)28(42)33-17-24(38)34-21(31(45)46)15-19-9-5-4-6-10-19/h4-6,9-10,18,20-23,26H,3,7-8,11-17,32H2,1-2H3,(H,33,42)(H,34,38)(H,35,41)(H,39,40)(H,45,46)/t18-,20-,21-,22-,23-,26-/m0/s1/i45+2. The zero-order chi connectivity index (χ0) is 34.0. The number of benzene rings is 1. The summed E-state index contributed by atoms with van der Waals surface area (Å²) >= 11 is 0. The van der Waals surface area contributed by atoms with Crippen molar-refractivity contribution in [3.63, 3.8) is 0 Å². The van der Waals surface area contributed by atoms with Gasteiger partial charge in [-0.25, -0.2) is 4.79 Å². The van der Waals surface area contributed by atoms with Crippen LogP contribution in [0.5, 0.6) is 0 Å². The number of hydrogen-bond acceptors (Lipinski definition) is 8. The quantitative estimate of drug-likeness (QED) is 0.130. The minimum Gasteiger partial charge on any atom is -0.481 e. The molecule has 0 spiro atoms. The fourth-order valence-corrected chi connectivity index (χ4v) is 5.77. The van der Waals surface area contributed by atoms with Gasteiger partial charge in [0.05, 0.1) is 19.0 Å². The first-order valence-corrected chi connectivity index (χ1v) is 15.6. The van der Waals surface area contributed by atoms with Gasteiger partial charge in [-0.1, -0.05) is 50.6 Å². The molecule has 7 N–H and O–H groups in total. The third kappa shape index (κ3) is 9.49. The second-order valence-corrected chi connectivity index (χ2v) is 11.8. The SMILES string of the molecule is CC[C@H](C)[C@H](NC(=O)[C@@H](N)CC(=O)O)C(=O)N1CCC[C@H]1C(=O)N1CCC[C@H]1C(=O)NCC(=O)N[C@@H](Cc1ccccc1)C(=O)[18OH]. The Bertz CT molecular complexity index is 1290. The summed E-state index contributed by atoms with van der Waals surface area (Å²) in [6.07, 6.45) is 1.73. The van der Waals surface area contributed by atoms with Crippen molar-refractivity contribution < 1.29 is 43.8 Å². The van der Waals surface area contributed by atoms with E-state index in [1.54, 1.807) is 37.3 Å². The lowest BCUT2D eigenvalue weighted by molar-refractivity contribution is -0.148. The highest BCUT2D eigenvalue weighted by molar-refractivity contribution is 5.96. The number of nitrogens with one attached hydrogen (secondary N) is 3. The highest BCUT2D eigenvalue weighted by Gasteiger charge is 2.44. The highest BCUT2D eigenvalue weighted by Crippen LogP contribution is 2.26. The van der Waals surface area contributed by atoms with Crippen LogP contribution in [0.2, 0.25) is 0 Å². The molecule has 6 atom stereocenters. The Morgan fingerprint density at radius 3 is 2.22 bits per heavy atom. The maximum atomic E-state index is 13.8. The zero-order valence-corrected chi connectivity index (χ0v) is 26.1. The summed E-state index contributed by atoms with van der Waals surface area (Å²) in [7, 11) is 0. The first-order chi connectivity index (χ1) is 21.8. The summed E-state index contributed by atoms with van der Waals surface area (Å²) in [6.45, 7) is 3.65. The maximum absolute atomic E-state index is 13.8. The number of amides is 5. The van der Waals surface area contributed by atoms with Crippen LogP contribution in [0.1, 0.15) is 57.9 Å². The minimum atomic E-state index is -1.35. The fourth-order valence-electron chi connectivity index (χ4n) is 5.77. The molecule has 0 aliphatic carbocycles. The Balaban J connectivity index is 1.62. The Morgan fingerprint density at radius 1 is 0.978 bits per heavy atom. The number of carbonyl (C=O) groups is 7. The van der Waals surface area contributed by atoms with E-state index < -0.39 is 84.6 Å². The minimum absolute atomic E-state index is 0.0636. The van der Waals surface area contributed by atoms with Crippen LogP contribution in [0.15, 0.2) is 30.3 Å². The average Bonchev–Trinajstić information content (AvgIpc) is 3.72.